The lowest BCUT2D eigenvalue weighted by molar-refractivity contribution is 0.384. The second-order valence-electron chi connectivity index (χ2n) is 5.57. The summed E-state index contributed by atoms with van der Waals surface area (Å²) in [4.78, 5) is 4.82. The minimum atomic E-state index is -0.481. The van der Waals surface area contributed by atoms with E-state index in [-0.39, 0.29) is 0 Å². The normalized spacial score (nSPS) is 21.8. The lowest BCUT2D eigenvalue weighted by atomic mass is 9.79. The number of hydrogen-bond donors (Lipinski definition) is 1. The number of fused-ring (bicyclic) bond motifs is 4. The summed E-state index contributed by atoms with van der Waals surface area (Å²) < 4.78 is 12.4. The number of amidine groups is 1. The van der Waals surface area contributed by atoms with Crippen LogP contribution in [0.2, 0.25) is 0 Å². The average Bonchev–Trinajstić information content (AvgIpc) is 2.91. The molecule has 4 nitrogen and oxygen atoms in total. The van der Waals surface area contributed by atoms with Crippen LogP contribution in [-0.4, -0.2) is 12.9 Å². The summed E-state index contributed by atoms with van der Waals surface area (Å²) in [5, 5.41) is 0. The van der Waals surface area contributed by atoms with Crippen molar-refractivity contribution in [2.75, 3.05) is 7.11 Å². The summed E-state index contributed by atoms with van der Waals surface area (Å²) in [6.45, 7) is 0. The molecule has 0 aromatic heterocycles. The van der Waals surface area contributed by atoms with Crippen molar-refractivity contribution in [1.82, 2.24) is 0 Å². The fourth-order valence-electron chi connectivity index (χ4n) is 3.28. The number of ether oxygens (including phenoxy) is 2. The van der Waals surface area contributed by atoms with Gasteiger partial charge in [-0.1, -0.05) is 15.9 Å². The van der Waals surface area contributed by atoms with Crippen molar-refractivity contribution in [1.29, 1.82) is 0 Å². The molecule has 1 unspecified atom stereocenters. The van der Waals surface area contributed by atoms with Crippen LogP contribution in [0, 0.1) is 0 Å². The molecule has 0 saturated carbocycles. The summed E-state index contributed by atoms with van der Waals surface area (Å²) >= 11 is 3.54. The molecule has 2 heterocycles. The average molecular weight is 359 g/mol. The van der Waals surface area contributed by atoms with Gasteiger partial charge in [0, 0.05) is 22.0 Å². The highest BCUT2D eigenvalue weighted by molar-refractivity contribution is 9.10. The summed E-state index contributed by atoms with van der Waals surface area (Å²) in [5.41, 5.74) is 7.60. The van der Waals surface area contributed by atoms with E-state index in [1.54, 1.807) is 7.11 Å². The summed E-state index contributed by atoms with van der Waals surface area (Å²) in [6.07, 6.45) is 1.62. The molecular weight excluding hydrogens is 344 g/mol. The Morgan fingerprint density at radius 1 is 1.18 bits per heavy atom. The summed E-state index contributed by atoms with van der Waals surface area (Å²) in [7, 11) is 1.66. The van der Waals surface area contributed by atoms with Gasteiger partial charge in [0.25, 0.3) is 0 Å². The molecule has 0 saturated heterocycles. The van der Waals surface area contributed by atoms with E-state index in [0.29, 0.717) is 5.84 Å². The van der Waals surface area contributed by atoms with Gasteiger partial charge >= 0.3 is 0 Å². The smallest absolute Gasteiger partial charge is 0.133 e. The van der Waals surface area contributed by atoms with Gasteiger partial charge in [-0.25, -0.2) is 0 Å². The van der Waals surface area contributed by atoms with E-state index >= 15 is 0 Å². The Morgan fingerprint density at radius 3 is 2.59 bits per heavy atom. The van der Waals surface area contributed by atoms with Crippen LogP contribution in [0.4, 0.5) is 0 Å². The molecule has 2 aromatic carbocycles. The van der Waals surface area contributed by atoms with Crippen molar-refractivity contribution >= 4 is 21.8 Å². The molecule has 22 heavy (non-hydrogen) atoms. The van der Waals surface area contributed by atoms with Crippen LogP contribution in [-0.2, 0) is 5.54 Å². The van der Waals surface area contributed by atoms with Crippen LogP contribution in [0.25, 0.3) is 0 Å². The molecule has 0 bridgehead atoms. The first-order chi connectivity index (χ1) is 10.6. The number of methoxy groups -OCH3 is 1. The lowest BCUT2D eigenvalue weighted by Crippen LogP contribution is -2.27. The van der Waals surface area contributed by atoms with Crippen LogP contribution >= 0.6 is 15.9 Å². The Balaban J connectivity index is 2.02. The van der Waals surface area contributed by atoms with E-state index in [1.807, 2.05) is 30.3 Å². The highest BCUT2D eigenvalue weighted by atomic mass is 79.9. The highest BCUT2D eigenvalue weighted by Gasteiger charge is 2.45. The quantitative estimate of drug-likeness (QED) is 0.839. The maximum absolute atomic E-state index is 6.07. The summed E-state index contributed by atoms with van der Waals surface area (Å²) in [5.74, 6) is 3.12. The highest BCUT2D eigenvalue weighted by Crippen LogP contribution is 2.54. The van der Waals surface area contributed by atoms with E-state index in [1.165, 1.54) is 0 Å². The lowest BCUT2D eigenvalue weighted by Gasteiger charge is -2.35. The molecule has 5 heteroatoms. The fraction of sp³-hybridized carbons (Fsp3) is 0.235. The molecule has 1 atom stereocenters. The Kier molecular flexibility index (Phi) is 2.94. The molecule has 0 aliphatic carbocycles. The van der Waals surface area contributed by atoms with E-state index in [2.05, 4.69) is 22.0 Å². The molecule has 112 valence electrons. The maximum Gasteiger partial charge on any atom is 0.133 e. The van der Waals surface area contributed by atoms with Crippen molar-refractivity contribution in [2.24, 2.45) is 10.7 Å². The monoisotopic (exact) mass is 358 g/mol. The van der Waals surface area contributed by atoms with Gasteiger partial charge in [0.2, 0.25) is 0 Å². The van der Waals surface area contributed by atoms with Crippen molar-refractivity contribution in [3.63, 3.8) is 0 Å². The van der Waals surface area contributed by atoms with Crippen LogP contribution < -0.4 is 15.2 Å². The number of nitrogens with two attached hydrogens (primary N) is 1. The van der Waals surface area contributed by atoms with Crippen LogP contribution in [0.15, 0.2) is 45.9 Å². The molecule has 2 N–H and O–H groups in total. The molecular formula is C17H15BrN2O2. The van der Waals surface area contributed by atoms with Gasteiger partial charge in [0.15, 0.2) is 0 Å². The van der Waals surface area contributed by atoms with Gasteiger partial charge in [0.1, 0.15) is 22.8 Å². The minimum Gasteiger partial charge on any atom is -0.497 e. The zero-order valence-corrected chi connectivity index (χ0v) is 13.7. The largest absolute Gasteiger partial charge is 0.497 e. The number of halogens is 1. The second kappa shape index (κ2) is 4.74. The van der Waals surface area contributed by atoms with Gasteiger partial charge in [0.05, 0.1) is 12.9 Å². The number of rotatable bonds is 1. The Hall–Kier alpha value is -2.01. The predicted octanol–water partition coefficient (Wildman–Crippen LogP) is 3.96. The number of benzene rings is 2. The first-order valence-corrected chi connectivity index (χ1v) is 7.92. The maximum atomic E-state index is 6.07. The number of aliphatic imine (C=N–C) groups is 1. The molecule has 2 aliphatic rings. The first-order valence-electron chi connectivity index (χ1n) is 7.13. The standard InChI is InChI=1S/C17H15BrN2O2/c1-21-11-3-5-15-13(9-11)17(7-6-16(19)20-17)12-8-10(18)2-4-14(12)22-15/h2-5,8-9H,6-7H2,1H3,(H2,19,20). The Bertz CT molecular complexity index is 803. The summed E-state index contributed by atoms with van der Waals surface area (Å²) in [6, 6.07) is 11.9. The predicted molar refractivity (Wildman–Crippen MR) is 88.8 cm³/mol. The number of nitrogens with zero attached hydrogens (tertiary/aromatic N) is 1. The van der Waals surface area contributed by atoms with Crippen molar-refractivity contribution in [2.45, 2.75) is 18.4 Å². The molecule has 0 amide bonds. The van der Waals surface area contributed by atoms with Gasteiger partial charge in [-0.05, 0) is 42.8 Å². The molecule has 2 aliphatic heterocycles. The zero-order chi connectivity index (χ0) is 15.3. The number of hydrogen-bond acceptors (Lipinski definition) is 4. The van der Waals surface area contributed by atoms with Gasteiger partial charge in [-0.2, -0.15) is 0 Å². The van der Waals surface area contributed by atoms with Gasteiger partial charge in [-0.3, -0.25) is 4.99 Å². The van der Waals surface area contributed by atoms with Gasteiger partial charge < -0.3 is 15.2 Å². The molecule has 0 fully saturated rings. The SMILES string of the molecule is COc1ccc2c(c1)C1(CCC(N)=N1)c1cc(Br)ccc1O2. The van der Waals surface area contributed by atoms with E-state index in [0.717, 1.165) is 45.7 Å². The van der Waals surface area contributed by atoms with Crippen LogP contribution in [0.3, 0.4) is 0 Å². The fourth-order valence-corrected chi connectivity index (χ4v) is 3.64. The minimum absolute atomic E-state index is 0.481. The van der Waals surface area contributed by atoms with Crippen molar-refractivity contribution in [3.8, 4) is 17.2 Å². The third-order valence-electron chi connectivity index (χ3n) is 4.32. The third kappa shape index (κ3) is 1.85. The second-order valence-corrected chi connectivity index (χ2v) is 6.48. The molecule has 2 aromatic rings. The first kappa shape index (κ1) is 13.6. The van der Waals surface area contributed by atoms with E-state index < -0.39 is 5.54 Å². The van der Waals surface area contributed by atoms with Crippen LogP contribution in [0.1, 0.15) is 24.0 Å². The zero-order valence-electron chi connectivity index (χ0n) is 12.1. The molecule has 1 spiro atoms. The van der Waals surface area contributed by atoms with Gasteiger partial charge in [-0.15, -0.1) is 0 Å². The molecule has 4 rings (SSSR count). The third-order valence-corrected chi connectivity index (χ3v) is 4.81. The Labute approximate surface area is 137 Å². The molecule has 0 radical (unpaired) electrons. The van der Waals surface area contributed by atoms with Crippen LogP contribution in [0.5, 0.6) is 17.2 Å². The van der Waals surface area contributed by atoms with E-state index in [9.17, 15) is 0 Å². The van der Waals surface area contributed by atoms with Crippen molar-refractivity contribution < 1.29 is 9.47 Å². The Morgan fingerprint density at radius 2 is 1.91 bits per heavy atom. The van der Waals surface area contributed by atoms with E-state index in [4.69, 9.17) is 20.2 Å². The topological polar surface area (TPSA) is 56.8 Å². The van der Waals surface area contributed by atoms with Crippen molar-refractivity contribution in [3.05, 3.63) is 52.0 Å².